The lowest BCUT2D eigenvalue weighted by molar-refractivity contribution is -0.460. The molecule has 0 aromatic heterocycles. The van der Waals surface area contributed by atoms with Crippen molar-refractivity contribution in [3.05, 3.63) is 107 Å². The highest BCUT2D eigenvalue weighted by Gasteiger charge is 2.40. The van der Waals surface area contributed by atoms with Gasteiger partial charge in [0.25, 0.3) is 20.2 Å². The number of rotatable bonds is 22. The van der Waals surface area contributed by atoms with Crippen molar-refractivity contribution >= 4 is 48.7 Å². The van der Waals surface area contributed by atoms with Crippen LogP contribution in [0.25, 0.3) is 0 Å². The van der Waals surface area contributed by atoms with Gasteiger partial charge in [-0.2, -0.15) is 16.8 Å². The zero-order chi connectivity index (χ0) is 41.6. The minimum atomic E-state index is -4.03. The highest BCUT2D eigenvalue weighted by Crippen LogP contribution is 2.47. The summed E-state index contributed by atoms with van der Waals surface area (Å²) in [5.41, 5.74) is 2.42. The van der Waals surface area contributed by atoms with Crippen LogP contribution in [-0.2, 0) is 58.8 Å². The van der Waals surface area contributed by atoms with E-state index in [0.717, 1.165) is 36.9 Å². The summed E-state index contributed by atoms with van der Waals surface area (Å²) in [5.74, 6) is -0.523. The van der Waals surface area contributed by atoms with Crippen LogP contribution in [-0.4, -0.2) is 89.8 Å². The van der Waals surface area contributed by atoms with Crippen molar-refractivity contribution in [3.63, 3.8) is 0 Å². The number of carboxylic acid groups (broad SMARTS) is 1. The van der Waals surface area contributed by atoms with Gasteiger partial charge in [0, 0.05) is 61.3 Å². The predicted octanol–water partition coefficient (Wildman–Crippen LogP) is 6.43. The Morgan fingerprint density at radius 1 is 0.929 bits per heavy atom. The molecule has 1 aromatic rings. The maximum atomic E-state index is 12.8. The molecule has 16 heteroatoms. The number of hydrogen-bond donors (Lipinski definition) is 2. The van der Waals surface area contributed by atoms with Crippen LogP contribution in [0.4, 0.5) is 5.69 Å². The van der Waals surface area contributed by atoms with Gasteiger partial charge < -0.3 is 15.2 Å². The average molecular weight is 836 g/mol. The van der Waals surface area contributed by atoms with Gasteiger partial charge in [-0.3, -0.25) is 17.3 Å². The molecular formula is C40H55N2O11S3+. The number of allylic oxidation sites excluding steroid dienone is 11. The summed E-state index contributed by atoms with van der Waals surface area (Å²) in [6, 6.07) is 4.83. The number of methoxy groups -OCH3 is 1. The molecule has 56 heavy (non-hydrogen) atoms. The summed E-state index contributed by atoms with van der Waals surface area (Å²) in [4.78, 5) is 11.1. The number of anilines is 1. The normalized spacial score (nSPS) is 24.6. The van der Waals surface area contributed by atoms with Crippen LogP contribution in [0.3, 0.4) is 0 Å². The molecule has 0 saturated carbocycles. The molecule has 3 atom stereocenters. The number of carbonyl (C=O) groups is 1. The van der Waals surface area contributed by atoms with Gasteiger partial charge in [-0.15, -0.1) is 0 Å². The van der Waals surface area contributed by atoms with Crippen LogP contribution in [0.15, 0.2) is 107 Å². The molecule has 0 fully saturated rings. The van der Waals surface area contributed by atoms with Gasteiger partial charge in [-0.25, -0.2) is 8.78 Å². The molecule has 3 rings (SSSR count). The standard InChI is InChI=1S/C40H54N2O11S3/c1-31-29-33(56(48,49)53-7)22-26-42(25-15-11-14-19-38(43)44)37(39(31,2)24-27-50-4)18-13-10-8-9-12-17-36-40(3,23-16-28-54(45)51-5)34-30-32(55(46,47)52-6)20-21-35(34)41-36/h8-10,12-13,17-18,20-22,26,29-30H,1,11,14-16,19,23-25,27-28H2,2-7H3,(H,43,44)/p+1/b26-22-,33-29+. The van der Waals surface area contributed by atoms with Crippen LogP contribution in [0.1, 0.15) is 64.4 Å². The van der Waals surface area contributed by atoms with Crippen molar-refractivity contribution in [2.45, 2.75) is 69.1 Å². The highest BCUT2D eigenvalue weighted by molar-refractivity contribution is 7.90. The number of nitrogens with zero attached hydrogens (tertiary/aromatic N) is 1. The second kappa shape index (κ2) is 21.1. The minimum Gasteiger partial charge on any atom is -0.481 e. The molecule has 2 aliphatic heterocycles. The summed E-state index contributed by atoms with van der Waals surface area (Å²) in [5, 5.41) is 12.5. The zero-order valence-electron chi connectivity index (χ0n) is 33.0. The lowest BCUT2D eigenvalue weighted by Crippen LogP contribution is -2.36. The molecule has 13 nitrogen and oxygen atoms in total. The fourth-order valence-corrected chi connectivity index (χ4v) is 8.48. The average Bonchev–Trinajstić information content (AvgIpc) is 3.44. The smallest absolute Gasteiger partial charge is 0.303 e. The Bertz CT molecular complexity index is 2060. The van der Waals surface area contributed by atoms with Crippen molar-refractivity contribution in [1.29, 1.82) is 0 Å². The number of carboxylic acids is 1. The lowest BCUT2D eigenvalue weighted by Gasteiger charge is -2.30. The van der Waals surface area contributed by atoms with Gasteiger partial charge in [-0.1, -0.05) is 37.0 Å². The number of benzene rings is 1. The molecule has 0 spiro atoms. The number of hydrogen-bond acceptors (Lipinski definition) is 11. The van der Waals surface area contributed by atoms with Crippen LogP contribution in [0.2, 0.25) is 0 Å². The third-order valence-corrected chi connectivity index (χ3v) is 13.5. The first-order valence-corrected chi connectivity index (χ1v) is 22.2. The van der Waals surface area contributed by atoms with Crippen LogP contribution in [0, 0.1) is 5.41 Å². The highest BCUT2D eigenvalue weighted by atomic mass is 32.2. The van der Waals surface area contributed by atoms with Crippen LogP contribution in [0.5, 0.6) is 0 Å². The van der Waals surface area contributed by atoms with Gasteiger partial charge in [-0.05, 0) is 87.4 Å². The van der Waals surface area contributed by atoms with Crippen molar-refractivity contribution in [3.8, 4) is 0 Å². The molecule has 0 radical (unpaired) electrons. The topological polar surface area (TPSA) is 175 Å². The quantitative estimate of drug-likeness (QED) is 0.0568. The van der Waals surface area contributed by atoms with Gasteiger partial charge >= 0.3 is 5.97 Å². The molecule has 3 unspecified atom stereocenters. The van der Waals surface area contributed by atoms with E-state index in [0.29, 0.717) is 63.0 Å². The summed E-state index contributed by atoms with van der Waals surface area (Å²) in [6.07, 6.45) is 21.5. The van der Waals surface area contributed by atoms with Crippen molar-refractivity contribution in [1.82, 2.24) is 0 Å². The van der Waals surface area contributed by atoms with Crippen molar-refractivity contribution < 1.29 is 52.8 Å². The Morgan fingerprint density at radius 2 is 1.62 bits per heavy atom. The Kier molecular flexibility index (Phi) is 17.6. The number of ether oxygens (including phenoxy) is 1. The summed E-state index contributed by atoms with van der Waals surface area (Å²) >= 11 is -1.43. The van der Waals surface area contributed by atoms with E-state index < -0.39 is 48.1 Å². The van der Waals surface area contributed by atoms with Crippen LogP contribution >= 0.6 is 0 Å². The number of nitrogens with one attached hydrogen (secondary N) is 1. The van der Waals surface area contributed by atoms with E-state index in [1.165, 1.54) is 25.3 Å². The molecule has 308 valence electrons. The Labute approximate surface area is 334 Å². The van der Waals surface area contributed by atoms with E-state index in [4.69, 9.17) is 22.4 Å². The third-order valence-electron chi connectivity index (χ3n) is 10.0. The van der Waals surface area contributed by atoms with Crippen molar-refractivity contribution in [2.75, 3.05) is 52.7 Å². The Hall–Kier alpha value is -3.77. The molecule has 1 aromatic carbocycles. The molecule has 2 heterocycles. The minimum absolute atomic E-state index is 0.0342. The van der Waals surface area contributed by atoms with Gasteiger partial charge in [0.2, 0.25) is 0 Å². The predicted molar refractivity (Wildman–Crippen MR) is 219 cm³/mol. The largest absolute Gasteiger partial charge is 0.481 e. The Balaban J connectivity index is 1.98. The van der Waals surface area contributed by atoms with E-state index in [2.05, 4.69) is 11.9 Å². The molecular weight excluding hydrogens is 781 g/mol. The molecule has 0 bridgehead atoms. The summed E-state index contributed by atoms with van der Waals surface area (Å²) in [7, 11) is -2.73. The van der Waals surface area contributed by atoms with Gasteiger partial charge in [0.15, 0.2) is 23.0 Å². The van der Waals surface area contributed by atoms with E-state index in [1.807, 2.05) is 61.0 Å². The fraction of sp³-hybridized carbons (Fsp3) is 0.450. The van der Waals surface area contributed by atoms with Gasteiger partial charge in [0.1, 0.15) is 11.4 Å². The maximum absolute atomic E-state index is 12.8. The first kappa shape index (κ1) is 46.6. The van der Waals surface area contributed by atoms with Gasteiger partial charge in [0.05, 0.1) is 31.6 Å². The van der Waals surface area contributed by atoms with Crippen molar-refractivity contribution in [2.24, 2.45) is 5.41 Å². The van der Waals surface area contributed by atoms with E-state index in [1.54, 1.807) is 25.4 Å². The monoisotopic (exact) mass is 835 g/mol. The SMILES string of the molecule is C=C1\C=C(S(=O)(=O)OC)/C=C\[N+](CCCCCC(=O)O)=C(\C=C\C=C\C=C\C=C2\Nc3ccc(S(=O)(=O)OC)cc3C2(C)CCCS(=O)OC)C1(C)CCOC. The van der Waals surface area contributed by atoms with E-state index in [-0.39, 0.29) is 16.2 Å². The third kappa shape index (κ3) is 12.1. The molecule has 2 aliphatic rings. The number of aliphatic carboxylic acids is 1. The lowest BCUT2D eigenvalue weighted by atomic mass is 9.74. The molecule has 2 N–H and O–H groups in total. The molecule has 0 amide bonds. The maximum Gasteiger partial charge on any atom is 0.303 e. The molecule has 0 saturated heterocycles. The molecule has 0 aliphatic carbocycles. The number of fused-ring (bicyclic) bond motifs is 1. The van der Waals surface area contributed by atoms with Crippen LogP contribution < -0.4 is 5.32 Å². The first-order valence-electron chi connectivity index (χ1n) is 18.1. The fourth-order valence-electron chi connectivity index (χ4n) is 6.54. The zero-order valence-corrected chi connectivity index (χ0v) is 35.4. The second-order valence-corrected chi connectivity index (χ2v) is 18.4. The summed E-state index contributed by atoms with van der Waals surface area (Å²) < 4.78 is 84.6. The second-order valence-electron chi connectivity index (χ2n) is 13.6. The first-order chi connectivity index (χ1) is 26.5. The van der Waals surface area contributed by atoms with E-state index in [9.17, 15) is 25.8 Å². The number of unbranched alkanes of at least 4 members (excludes halogenated alkanes) is 2. The summed E-state index contributed by atoms with van der Waals surface area (Å²) in [6.45, 7) is 9.16. The van der Waals surface area contributed by atoms with E-state index >= 15 is 0 Å². The Morgan fingerprint density at radius 3 is 2.29 bits per heavy atom.